The van der Waals surface area contributed by atoms with Crippen molar-refractivity contribution in [3.8, 4) is 22.8 Å². The van der Waals surface area contributed by atoms with Gasteiger partial charge in [-0.1, -0.05) is 23.7 Å². The molecular weight excluding hydrogens is 372 g/mol. The molecule has 0 saturated heterocycles. The highest BCUT2D eigenvalue weighted by molar-refractivity contribution is 6.30. The zero-order valence-electron chi connectivity index (χ0n) is 13.9. The van der Waals surface area contributed by atoms with E-state index in [4.69, 9.17) is 21.1 Å². The zero-order chi connectivity index (χ0) is 18.8. The highest BCUT2D eigenvalue weighted by atomic mass is 35.5. The summed E-state index contributed by atoms with van der Waals surface area (Å²) in [5.74, 6) is 0.759. The van der Waals surface area contributed by atoms with E-state index in [9.17, 15) is 9.59 Å². The second-order valence-electron chi connectivity index (χ2n) is 5.70. The maximum Gasteiger partial charge on any atom is 0.365 e. The average molecular weight is 385 g/mol. The van der Waals surface area contributed by atoms with E-state index < -0.39 is 11.6 Å². The van der Waals surface area contributed by atoms with Gasteiger partial charge in [0.05, 0.1) is 11.9 Å². The number of nitrogens with one attached hydrogen (secondary N) is 1. The van der Waals surface area contributed by atoms with E-state index in [1.54, 1.807) is 42.5 Å². The molecule has 0 bridgehead atoms. The van der Waals surface area contributed by atoms with Gasteiger partial charge in [0.1, 0.15) is 6.54 Å². The van der Waals surface area contributed by atoms with E-state index in [1.807, 2.05) is 0 Å². The van der Waals surface area contributed by atoms with E-state index in [0.29, 0.717) is 33.5 Å². The van der Waals surface area contributed by atoms with Crippen LogP contribution in [0.1, 0.15) is 0 Å². The standard InChI is InChI=1S/C18H13ClN4O4/c19-12-3-1-11(2-4-12)14-8-20-23(18(25)22-14)9-17(24)21-13-5-6-15-16(7-13)27-10-26-15/h1-8H,9-10H2,(H,21,24). The van der Waals surface area contributed by atoms with Gasteiger partial charge in [0, 0.05) is 22.3 Å². The Balaban J connectivity index is 1.46. The van der Waals surface area contributed by atoms with Gasteiger partial charge in [-0.25, -0.2) is 9.48 Å². The van der Waals surface area contributed by atoms with E-state index in [0.717, 1.165) is 4.68 Å². The van der Waals surface area contributed by atoms with Gasteiger partial charge in [0.25, 0.3) is 0 Å². The minimum absolute atomic E-state index is 0.150. The smallest absolute Gasteiger partial charge is 0.365 e. The fraction of sp³-hybridized carbons (Fsp3) is 0.111. The van der Waals surface area contributed by atoms with Crippen LogP contribution in [0.15, 0.2) is 53.5 Å². The first kappa shape index (κ1) is 17.0. The lowest BCUT2D eigenvalue weighted by Gasteiger charge is -2.07. The second kappa shape index (κ2) is 7.08. The number of halogens is 1. The molecule has 1 aliphatic rings. The summed E-state index contributed by atoms with van der Waals surface area (Å²) in [7, 11) is 0. The van der Waals surface area contributed by atoms with Crippen molar-refractivity contribution in [2.45, 2.75) is 6.54 Å². The van der Waals surface area contributed by atoms with Crippen molar-refractivity contribution in [1.29, 1.82) is 0 Å². The van der Waals surface area contributed by atoms with Gasteiger partial charge < -0.3 is 14.8 Å². The molecular formula is C18H13ClN4O4. The summed E-state index contributed by atoms with van der Waals surface area (Å²) >= 11 is 5.85. The molecule has 1 N–H and O–H groups in total. The van der Waals surface area contributed by atoms with E-state index >= 15 is 0 Å². The fourth-order valence-corrected chi connectivity index (χ4v) is 2.67. The summed E-state index contributed by atoms with van der Waals surface area (Å²) in [5.41, 5.74) is 1.02. The van der Waals surface area contributed by atoms with E-state index in [2.05, 4.69) is 15.4 Å². The number of anilines is 1. The van der Waals surface area contributed by atoms with E-state index in [1.165, 1.54) is 6.20 Å². The quantitative estimate of drug-likeness (QED) is 0.741. The number of nitrogens with zero attached hydrogens (tertiary/aromatic N) is 3. The van der Waals surface area contributed by atoms with Crippen LogP contribution in [0.25, 0.3) is 11.3 Å². The van der Waals surface area contributed by atoms with Crippen LogP contribution in [0.3, 0.4) is 0 Å². The van der Waals surface area contributed by atoms with Crippen molar-refractivity contribution in [1.82, 2.24) is 14.8 Å². The Morgan fingerprint density at radius 1 is 1.15 bits per heavy atom. The Morgan fingerprint density at radius 3 is 2.70 bits per heavy atom. The molecule has 3 aromatic rings. The van der Waals surface area contributed by atoms with Crippen LogP contribution in [0, 0.1) is 0 Å². The van der Waals surface area contributed by atoms with Gasteiger partial charge in [-0.15, -0.1) is 0 Å². The molecule has 1 amide bonds. The Kier molecular flexibility index (Phi) is 4.47. The number of carbonyl (C=O) groups excluding carboxylic acids is 1. The summed E-state index contributed by atoms with van der Waals surface area (Å²) in [6, 6.07) is 11.9. The molecule has 4 rings (SSSR count). The Morgan fingerprint density at radius 2 is 1.93 bits per heavy atom. The molecule has 0 radical (unpaired) electrons. The summed E-state index contributed by atoms with van der Waals surface area (Å²) in [6.45, 7) is -0.112. The first-order valence-electron chi connectivity index (χ1n) is 7.98. The molecule has 0 fully saturated rings. The monoisotopic (exact) mass is 384 g/mol. The second-order valence-corrected chi connectivity index (χ2v) is 6.14. The molecule has 8 nitrogen and oxygen atoms in total. The fourth-order valence-electron chi connectivity index (χ4n) is 2.54. The maximum atomic E-state index is 12.2. The topological polar surface area (TPSA) is 95.3 Å². The number of amides is 1. The van der Waals surface area contributed by atoms with E-state index in [-0.39, 0.29) is 13.3 Å². The summed E-state index contributed by atoms with van der Waals surface area (Å²) in [6.07, 6.45) is 1.43. The molecule has 0 aliphatic carbocycles. The molecule has 0 unspecified atom stereocenters. The van der Waals surface area contributed by atoms with Crippen molar-refractivity contribution in [2.75, 3.05) is 12.1 Å². The number of ether oxygens (including phenoxy) is 2. The SMILES string of the molecule is O=C(Cn1ncc(-c2ccc(Cl)cc2)nc1=O)Nc1ccc2c(c1)OCO2. The normalized spacial score (nSPS) is 12.0. The third-order valence-corrected chi connectivity index (χ3v) is 4.10. The van der Waals surface area contributed by atoms with Crippen molar-refractivity contribution in [2.24, 2.45) is 0 Å². The highest BCUT2D eigenvalue weighted by Gasteiger charge is 2.15. The molecule has 136 valence electrons. The van der Waals surface area contributed by atoms with Crippen molar-refractivity contribution in [3.63, 3.8) is 0 Å². The van der Waals surface area contributed by atoms with Gasteiger partial charge in [-0.2, -0.15) is 10.1 Å². The molecule has 2 aromatic carbocycles. The van der Waals surface area contributed by atoms with Gasteiger partial charge >= 0.3 is 5.69 Å². The van der Waals surface area contributed by atoms with Crippen LogP contribution in [-0.4, -0.2) is 27.5 Å². The predicted molar refractivity (Wildman–Crippen MR) is 97.9 cm³/mol. The van der Waals surface area contributed by atoms with Crippen LogP contribution in [-0.2, 0) is 11.3 Å². The lowest BCUT2D eigenvalue weighted by Crippen LogP contribution is -2.31. The van der Waals surface area contributed by atoms with Gasteiger partial charge in [0.15, 0.2) is 11.5 Å². The minimum atomic E-state index is -0.622. The van der Waals surface area contributed by atoms with Crippen molar-refractivity contribution < 1.29 is 14.3 Å². The number of aromatic nitrogens is 3. The number of fused-ring (bicyclic) bond motifs is 1. The Labute approximate surface area is 158 Å². The lowest BCUT2D eigenvalue weighted by atomic mass is 10.2. The Hall–Kier alpha value is -3.39. The molecule has 0 spiro atoms. The van der Waals surface area contributed by atoms with Gasteiger partial charge in [-0.3, -0.25) is 4.79 Å². The molecule has 0 atom stereocenters. The highest BCUT2D eigenvalue weighted by Crippen LogP contribution is 2.34. The summed E-state index contributed by atoms with van der Waals surface area (Å²) in [5, 5.41) is 7.29. The molecule has 1 aliphatic heterocycles. The van der Waals surface area contributed by atoms with Crippen LogP contribution < -0.4 is 20.5 Å². The number of rotatable bonds is 4. The van der Waals surface area contributed by atoms with Crippen molar-refractivity contribution in [3.05, 3.63) is 64.2 Å². The molecule has 0 saturated carbocycles. The number of carbonyl (C=O) groups is 1. The number of hydrogen-bond donors (Lipinski definition) is 1. The largest absolute Gasteiger partial charge is 0.454 e. The van der Waals surface area contributed by atoms with Gasteiger partial charge in [0.2, 0.25) is 12.7 Å². The zero-order valence-corrected chi connectivity index (χ0v) is 14.6. The lowest BCUT2D eigenvalue weighted by molar-refractivity contribution is -0.117. The van der Waals surface area contributed by atoms with Crippen LogP contribution in [0.2, 0.25) is 5.02 Å². The number of hydrogen-bond acceptors (Lipinski definition) is 6. The first-order valence-corrected chi connectivity index (χ1v) is 8.36. The van der Waals surface area contributed by atoms with Crippen LogP contribution in [0.5, 0.6) is 11.5 Å². The summed E-state index contributed by atoms with van der Waals surface area (Å²) < 4.78 is 11.5. The average Bonchev–Trinajstić information content (AvgIpc) is 3.12. The summed E-state index contributed by atoms with van der Waals surface area (Å²) in [4.78, 5) is 28.3. The van der Waals surface area contributed by atoms with Crippen LogP contribution in [0.4, 0.5) is 5.69 Å². The molecule has 1 aromatic heterocycles. The molecule has 27 heavy (non-hydrogen) atoms. The third kappa shape index (κ3) is 3.75. The van der Waals surface area contributed by atoms with Gasteiger partial charge in [-0.05, 0) is 24.3 Å². The minimum Gasteiger partial charge on any atom is -0.454 e. The predicted octanol–water partition coefficient (Wildman–Crippen LogP) is 2.33. The van der Waals surface area contributed by atoms with Crippen LogP contribution >= 0.6 is 11.6 Å². The maximum absolute atomic E-state index is 12.2. The first-order chi connectivity index (χ1) is 13.1. The Bertz CT molecular complexity index is 1070. The third-order valence-electron chi connectivity index (χ3n) is 3.85. The number of benzene rings is 2. The molecule has 2 heterocycles. The van der Waals surface area contributed by atoms with Crippen molar-refractivity contribution >= 4 is 23.2 Å². The molecule has 9 heteroatoms.